The van der Waals surface area contributed by atoms with Gasteiger partial charge in [0.05, 0.1) is 12.1 Å². The van der Waals surface area contributed by atoms with Crippen molar-refractivity contribution in [2.75, 3.05) is 5.32 Å². The van der Waals surface area contributed by atoms with E-state index in [0.29, 0.717) is 6.42 Å². The highest BCUT2D eigenvalue weighted by molar-refractivity contribution is 5.91. The third-order valence-corrected chi connectivity index (χ3v) is 3.12. The first-order valence-corrected chi connectivity index (χ1v) is 6.74. The molecular formula is C16H21N3O. The summed E-state index contributed by atoms with van der Waals surface area (Å²) in [6, 6.07) is 11.6. The van der Waals surface area contributed by atoms with Crippen LogP contribution in [0, 0.1) is 0 Å². The van der Waals surface area contributed by atoms with Crippen LogP contribution in [0.3, 0.4) is 0 Å². The predicted molar refractivity (Wildman–Crippen MR) is 80.7 cm³/mol. The Kier molecular flexibility index (Phi) is 3.93. The van der Waals surface area contributed by atoms with Crippen molar-refractivity contribution < 1.29 is 4.79 Å². The number of aryl methyl sites for hydroxylation is 1. The molecule has 2 aromatic rings. The Labute approximate surface area is 119 Å². The lowest BCUT2D eigenvalue weighted by Gasteiger charge is -2.13. The highest BCUT2D eigenvalue weighted by Crippen LogP contribution is 2.23. The maximum absolute atomic E-state index is 12.0. The summed E-state index contributed by atoms with van der Waals surface area (Å²) in [4.78, 5) is 12.0. The third kappa shape index (κ3) is 3.47. The van der Waals surface area contributed by atoms with Crippen LogP contribution in [0.2, 0.25) is 0 Å². The fraction of sp³-hybridized carbons (Fsp3) is 0.375. The average molecular weight is 271 g/mol. The van der Waals surface area contributed by atoms with E-state index in [-0.39, 0.29) is 11.3 Å². The van der Waals surface area contributed by atoms with Crippen molar-refractivity contribution in [2.24, 2.45) is 7.05 Å². The Morgan fingerprint density at radius 1 is 1.25 bits per heavy atom. The van der Waals surface area contributed by atoms with Crippen LogP contribution in [0.15, 0.2) is 36.4 Å². The molecule has 1 amide bonds. The van der Waals surface area contributed by atoms with E-state index in [1.54, 1.807) is 4.68 Å². The highest BCUT2D eigenvalue weighted by atomic mass is 16.1. The second-order valence-corrected chi connectivity index (χ2v) is 6.00. The first kappa shape index (κ1) is 14.3. The molecule has 0 saturated carbocycles. The minimum atomic E-state index is -0.0281. The molecule has 0 fully saturated rings. The minimum absolute atomic E-state index is 0.0276. The van der Waals surface area contributed by atoms with E-state index in [4.69, 9.17) is 0 Å². The summed E-state index contributed by atoms with van der Waals surface area (Å²) in [5.41, 5.74) is 1.94. The molecule has 0 radical (unpaired) electrons. The van der Waals surface area contributed by atoms with E-state index < -0.39 is 0 Å². The molecule has 0 atom stereocenters. The Morgan fingerprint density at radius 3 is 2.45 bits per heavy atom. The molecule has 2 rings (SSSR count). The summed E-state index contributed by atoms with van der Waals surface area (Å²) in [6.45, 7) is 6.31. The molecule has 1 aromatic heterocycles. The molecule has 0 unspecified atom stereocenters. The van der Waals surface area contributed by atoms with Gasteiger partial charge in [0.2, 0.25) is 5.91 Å². The fourth-order valence-electron chi connectivity index (χ4n) is 1.92. The van der Waals surface area contributed by atoms with Crippen LogP contribution in [0.5, 0.6) is 0 Å². The topological polar surface area (TPSA) is 46.9 Å². The van der Waals surface area contributed by atoms with Crippen molar-refractivity contribution in [2.45, 2.75) is 32.6 Å². The van der Waals surface area contributed by atoms with Gasteiger partial charge in [-0.1, -0.05) is 51.1 Å². The molecule has 1 heterocycles. The zero-order valence-corrected chi connectivity index (χ0v) is 12.5. The molecule has 0 aliphatic carbocycles. The second-order valence-electron chi connectivity index (χ2n) is 6.00. The lowest BCUT2D eigenvalue weighted by Crippen LogP contribution is -2.16. The van der Waals surface area contributed by atoms with Gasteiger partial charge >= 0.3 is 0 Å². The van der Waals surface area contributed by atoms with Crippen LogP contribution in [0.1, 0.15) is 32.0 Å². The van der Waals surface area contributed by atoms with Crippen molar-refractivity contribution in [3.05, 3.63) is 47.7 Å². The van der Waals surface area contributed by atoms with Crippen molar-refractivity contribution in [3.8, 4) is 0 Å². The molecule has 4 heteroatoms. The number of carbonyl (C=O) groups is 1. The summed E-state index contributed by atoms with van der Waals surface area (Å²) in [6.07, 6.45) is 0.372. The molecule has 20 heavy (non-hydrogen) atoms. The summed E-state index contributed by atoms with van der Waals surface area (Å²) in [7, 11) is 1.84. The number of aromatic nitrogens is 2. The van der Waals surface area contributed by atoms with Gasteiger partial charge in [0.25, 0.3) is 0 Å². The Balaban J connectivity index is 2.07. The normalized spacial score (nSPS) is 11.4. The molecule has 0 aliphatic heterocycles. The molecule has 1 aromatic carbocycles. The van der Waals surface area contributed by atoms with Crippen LogP contribution in [0.4, 0.5) is 5.82 Å². The van der Waals surface area contributed by atoms with Crippen LogP contribution < -0.4 is 5.32 Å². The van der Waals surface area contributed by atoms with E-state index in [9.17, 15) is 4.79 Å². The lowest BCUT2D eigenvalue weighted by atomic mass is 9.92. The van der Waals surface area contributed by atoms with Crippen LogP contribution >= 0.6 is 0 Å². The van der Waals surface area contributed by atoms with E-state index in [0.717, 1.165) is 17.1 Å². The number of benzene rings is 1. The molecule has 0 spiro atoms. The van der Waals surface area contributed by atoms with Gasteiger partial charge in [-0.05, 0) is 5.56 Å². The predicted octanol–water partition coefficient (Wildman–Crippen LogP) is 2.90. The van der Waals surface area contributed by atoms with Gasteiger partial charge in [-0.15, -0.1) is 0 Å². The van der Waals surface area contributed by atoms with Crippen molar-refractivity contribution >= 4 is 11.7 Å². The van der Waals surface area contributed by atoms with Crippen LogP contribution in [-0.4, -0.2) is 15.7 Å². The smallest absolute Gasteiger partial charge is 0.229 e. The zero-order valence-electron chi connectivity index (χ0n) is 12.5. The van der Waals surface area contributed by atoms with E-state index >= 15 is 0 Å². The molecule has 0 bridgehead atoms. The number of hydrogen-bond donors (Lipinski definition) is 1. The van der Waals surface area contributed by atoms with Gasteiger partial charge in [-0.3, -0.25) is 9.48 Å². The van der Waals surface area contributed by atoms with E-state index in [1.165, 1.54) is 0 Å². The van der Waals surface area contributed by atoms with Crippen LogP contribution in [0.25, 0.3) is 0 Å². The number of carbonyl (C=O) groups excluding carboxylic acids is 1. The number of amides is 1. The molecule has 0 saturated heterocycles. The molecule has 0 aliphatic rings. The SMILES string of the molecule is Cn1nc(C(C)(C)C)cc1NC(=O)Cc1ccccc1. The fourth-order valence-corrected chi connectivity index (χ4v) is 1.92. The average Bonchev–Trinajstić information content (AvgIpc) is 2.72. The quantitative estimate of drug-likeness (QED) is 0.933. The van der Waals surface area contributed by atoms with Crippen molar-refractivity contribution in [1.29, 1.82) is 0 Å². The van der Waals surface area contributed by atoms with E-state index in [1.807, 2.05) is 43.4 Å². The standard InChI is InChI=1S/C16H21N3O/c1-16(2,3)13-11-14(19(4)18-13)17-15(20)10-12-8-6-5-7-9-12/h5-9,11H,10H2,1-4H3,(H,17,20). The Bertz CT molecular complexity index is 594. The van der Waals surface area contributed by atoms with Gasteiger partial charge in [0.1, 0.15) is 5.82 Å². The number of nitrogens with zero attached hydrogens (tertiary/aromatic N) is 2. The minimum Gasteiger partial charge on any atom is -0.311 e. The van der Waals surface area contributed by atoms with Gasteiger partial charge in [-0.25, -0.2) is 0 Å². The molecule has 4 nitrogen and oxygen atoms in total. The number of anilines is 1. The summed E-state index contributed by atoms with van der Waals surface area (Å²) in [5.74, 6) is 0.704. The third-order valence-electron chi connectivity index (χ3n) is 3.12. The summed E-state index contributed by atoms with van der Waals surface area (Å²) >= 11 is 0. The highest BCUT2D eigenvalue weighted by Gasteiger charge is 2.19. The first-order valence-electron chi connectivity index (χ1n) is 6.74. The van der Waals surface area contributed by atoms with Crippen molar-refractivity contribution in [3.63, 3.8) is 0 Å². The first-order chi connectivity index (χ1) is 9.36. The zero-order chi connectivity index (χ0) is 14.8. The number of rotatable bonds is 3. The Morgan fingerprint density at radius 2 is 1.90 bits per heavy atom. The van der Waals surface area contributed by atoms with Gasteiger partial charge < -0.3 is 5.32 Å². The molecule has 1 N–H and O–H groups in total. The largest absolute Gasteiger partial charge is 0.311 e. The lowest BCUT2D eigenvalue weighted by molar-refractivity contribution is -0.115. The van der Waals surface area contributed by atoms with E-state index in [2.05, 4.69) is 31.2 Å². The maximum atomic E-state index is 12.0. The summed E-state index contributed by atoms with van der Waals surface area (Å²) < 4.78 is 1.71. The van der Waals surface area contributed by atoms with Gasteiger partial charge in [0, 0.05) is 18.5 Å². The summed E-state index contributed by atoms with van der Waals surface area (Å²) in [5, 5.41) is 7.36. The van der Waals surface area contributed by atoms with Gasteiger partial charge in [-0.2, -0.15) is 5.10 Å². The van der Waals surface area contributed by atoms with Gasteiger partial charge in [0.15, 0.2) is 0 Å². The number of nitrogens with one attached hydrogen (secondary N) is 1. The molecule has 106 valence electrons. The Hall–Kier alpha value is -2.10. The monoisotopic (exact) mass is 271 g/mol. The maximum Gasteiger partial charge on any atom is 0.229 e. The van der Waals surface area contributed by atoms with Crippen LogP contribution in [-0.2, 0) is 23.7 Å². The van der Waals surface area contributed by atoms with Crippen molar-refractivity contribution in [1.82, 2.24) is 9.78 Å². The number of hydrogen-bond acceptors (Lipinski definition) is 2. The second kappa shape index (κ2) is 5.49. The molecular weight excluding hydrogens is 250 g/mol.